The maximum Gasteiger partial charge on any atom is 0.330 e. The largest absolute Gasteiger partial charge is 0.466 e. The van der Waals surface area contributed by atoms with Gasteiger partial charge in [0.25, 0.3) is 0 Å². The minimum Gasteiger partial charge on any atom is -0.466 e. The van der Waals surface area contributed by atoms with Crippen molar-refractivity contribution in [3.8, 4) is 6.07 Å². The second-order valence-electron chi connectivity index (χ2n) is 4.37. The van der Waals surface area contributed by atoms with Crippen molar-refractivity contribution in [1.82, 2.24) is 0 Å². The van der Waals surface area contributed by atoms with Gasteiger partial charge in [0.15, 0.2) is 0 Å². The molecule has 3 heteroatoms. The Balaban J connectivity index is 3.91. The van der Waals surface area contributed by atoms with Gasteiger partial charge < -0.3 is 4.74 Å². The third-order valence-corrected chi connectivity index (χ3v) is 2.69. The number of allylic oxidation sites excluding steroid dienone is 2. The van der Waals surface area contributed by atoms with Gasteiger partial charge >= 0.3 is 5.97 Å². The third kappa shape index (κ3) is 7.35. The lowest BCUT2D eigenvalue weighted by atomic mass is 9.92. The molecule has 0 spiro atoms. The predicted molar refractivity (Wildman–Crippen MR) is 68.1 cm³/mol. The molecular formula is C14H21NO2. The van der Waals surface area contributed by atoms with Crippen LogP contribution in [0, 0.1) is 23.2 Å². The average molecular weight is 235 g/mol. The van der Waals surface area contributed by atoms with Crippen molar-refractivity contribution >= 4 is 5.97 Å². The molecule has 0 N–H and O–H groups in total. The van der Waals surface area contributed by atoms with Crippen LogP contribution in [0.4, 0.5) is 0 Å². The fraction of sp³-hybridized carbons (Fsp3) is 0.571. The van der Waals surface area contributed by atoms with Crippen LogP contribution >= 0.6 is 0 Å². The number of rotatable bonds is 7. The van der Waals surface area contributed by atoms with Crippen LogP contribution in [-0.4, -0.2) is 13.1 Å². The number of nitrogens with zero attached hydrogens (tertiary/aromatic N) is 1. The van der Waals surface area contributed by atoms with E-state index < -0.39 is 0 Å². The van der Waals surface area contributed by atoms with Crippen molar-refractivity contribution < 1.29 is 9.53 Å². The Morgan fingerprint density at radius 3 is 2.65 bits per heavy atom. The number of methoxy groups -OCH3 is 1. The summed E-state index contributed by atoms with van der Waals surface area (Å²) < 4.78 is 4.50. The van der Waals surface area contributed by atoms with Crippen LogP contribution < -0.4 is 0 Å². The zero-order valence-corrected chi connectivity index (χ0v) is 10.9. The molecule has 0 bridgehead atoms. The first-order valence-electron chi connectivity index (χ1n) is 5.80. The molecule has 0 radical (unpaired) electrons. The molecule has 0 aliphatic rings. The van der Waals surface area contributed by atoms with E-state index in [1.54, 1.807) is 0 Å². The number of nitriles is 1. The van der Waals surface area contributed by atoms with Crippen LogP contribution in [0.15, 0.2) is 24.3 Å². The van der Waals surface area contributed by atoms with Crippen molar-refractivity contribution in [3.05, 3.63) is 24.3 Å². The van der Waals surface area contributed by atoms with Gasteiger partial charge in [-0.15, -0.1) is 0 Å². The number of carbonyl (C=O) groups excluding carboxylic acids is 1. The summed E-state index contributed by atoms with van der Waals surface area (Å²) in [5.74, 6) is 0.0715. The van der Waals surface area contributed by atoms with Crippen LogP contribution in [-0.2, 0) is 9.53 Å². The van der Waals surface area contributed by atoms with Crippen molar-refractivity contribution in [1.29, 1.82) is 5.26 Å². The zero-order chi connectivity index (χ0) is 13.3. The van der Waals surface area contributed by atoms with E-state index in [4.69, 9.17) is 5.26 Å². The van der Waals surface area contributed by atoms with E-state index in [0.29, 0.717) is 5.92 Å². The molecule has 0 aromatic heterocycles. The van der Waals surface area contributed by atoms with E-state index in [-0.39, 0.29) is 11.9 Å². The summed E-state index contributed by atoms with van der Waals surface area (Å²) in [6.45, 7) is 7.79. The molecular weight excluding hydrogens is 214 g/mol. The Labute approximate surface area is 104 Å². The van der Waals surface area contributed by atoms with Gasteiger partial charge in [0.1, 0.15) is 0 Å². The van der Waals surface area contributed by atoms with Gasteiger partial charge in [0, 0.05) is 6.08 Å². The van der Waals surface area contributed by atoms with Gasteiger partial charge in [-0.25, -0.2) is 4.79 Å². The molecule has 0 aromatic carbocycles. The van der Waals surface area contributed by atoms with E-state index in [9.17, 15) is 4.79 Å². The average Bonchev–Trinajstić information content (AvgIpc) is 2.29. The highest BCUT2D eigenvalue weighted by atomic mass is 16.5. The van der Waals surface area contributed by atoms with Crippen LogP contribution in [0.2, 0.25) is 0 Å². The van der Waals surface area contributed by atoms with Crippen molar-refractivity contribution in [3.63, 3.8) is 0 Å². The molecule has 0 saturated carbocycles. The smallest absolute Gasteiger partial charge is 0.330 e. The summed E-state index contributed by atoms with van der Waals surface area (Å²) in [5, 5.41) is 8.90. The van der Waals surface area contributed by atoms with Gasteiger partial charge in [-0.1, -0.05) is 25.2 Å². The highest BCUT2D eigenvalue weighted by Gasteiger charge is 2.10. The molecule has 0 aliphatic carbocycles. The van der Waals surface area contributed by atoms with Gasteiger partial charge in [0.2, 0.25) is 0 Å². The second-order valence-corrected chi connectivity index (χ2v) is 4.37. The molecule has 0 amide bonds. The Morgan fingerprint density at radius 1 is 1.53 bits per heavy atom. The van der Waals surface area contributed by atoms with Gasteiger partial charge in [-0.05, 0) is 32.1 Å². The van der Waals surface area contributed by atoms with Gasteiger partial charge in [-0.3, -0.25) is 0 Å². The molecule has 2 unspecified atom stereocenters. The standard InChI is InChI=1S/C14H21NO2/c1-11(2)13(10-15)9-8-12(3)6-5-7-14(16)17-4/h5,7,12-13H,1,6,8-9H2,2-4H3. The van der Waals surface area contributed by atoms with E-state index in [2.05, 4.69) is 24.3 Å². The SMILES string of the molecule is C=C(C)C(C#N)CCC(C)CC=CC(=O)OC. The Kier molecular flexibility index (Phi) is 7.79. The van der Waals surface area contributed by atoms with E-state index >= 15 is 0 Å². The third-order valence-electron chi connectivity index (χ3n) is 2.69. The predicted octanol–water partition coefficient (Wildman–Crippen LogP) is 3.24. The number of esters is 1. The Bertz CT molecular complexity index is 326. The van der Waals surface area contributed by atoms with E-state index in [0.717, 1.165) is 24.8 Å². The molecule has 3 nitrogen and oxygen atoms in total. The summed E-state index contributed by atoms with van der Waals surface area (Å²) in [4.78, 5) is 10.8. The normalized spacial score (nSPS) is 14.0. The summed E-state index contributed by atoms with van der Waals surface area (Å²) in [5.41, 5.74) is 0.921. The first-order chi connectivity index (χ1) is 8.01. The molecule has 0 heterocycles. The molecule has 2 atom stereocenters. The number of hydrogen-bond acceptors (Lipinski definition) is 3. The minimum atomic E-state index is -0.325. The molecule has 17 heavy (non-hydrogen) atoms. The highest BCUT2D eigenvalue weighted by Crippen LogP contribution is 2.19. The molecule has 94 valence electrons. The summed E-state index contributed by atoms with van der Waals surface area (Å²) in [6.07, 6.45) is 5.87. The highest BCUT2D eigenvalue weighted by molar-refractivity contribution is 5.81. The van der Waals surface area contributed by atoms with Crippen LogP contribution in [0.3, 0.4) is 0 Å². The number of hydrogen-bond donors (Lipinski definition) is 0. The lowest BCUT2D eigenvalue weighted by molar-refractivity contribution is -0.134. The van der Waals surface area contributed by atoms with Gasteiger partial charge in [0.05, 0.1) is 19.1 Å². The molecule has 0 saturated heterocycles. The van der Waals surface area contributed by atoms with Crippen LogP contribution in [0.1, 0.15) is 33.1 Å². The molecule has 0 aromatic rings. The van der Waals surface area contributed by atoms with Gasteiger partial charge in [-0.2, -0.15) is 5.26 Å². The summed E-state index contributed by atoms with van der Waals surface area (Å²) in [7, 11) is 1.36. The second kappa shape index (κ2) is 8.58. The van der Waals surface area contributed by atoms with E-state index in [1.807, 2.05) is 13.0 Å². The topological polar surface area (TPSA) is 50.1 Å². The minimum absolute atomic E-state index is 0.0537. The molecule has 0 aliphatic heterocycles. The number of ether oxygens (including phenoxy) is 1. The Hall–Kier alpha value is -1.56. The molecule has 0 fully saturated rings. The maximum atomic E-state index is 10.8. The first-order valence-corrected chi connectivity index (χ1v) is 5.80. The van der Waals surface area contributed by atoms with Crippen molar-refractivity contribution in [2.75, 3.05) is 7.11 Å². The number of carbonyl (C=O) groups is 1. The van der Waals surface area contributed by atoms with Crippen LogP contribution in [0.5, 0.6) is 0 Å². The van der Waals surface area contributed by atoms with Crippen molar-refractivity contribution in [2.45, 2.75) is 33.1 Å². The first kappa shape index (κ1) is 15.4. The monoisotopic (exact) mass is 235 g/mol. The molecule has 0 rings (SSSR count). The summed E-state index contributed by atoms with van der Waals surface area (Å²) >= 11 is 0. The quantitative estimate of drug-likeness (QED) is 0.386. The van der Waals surface area contributed by atoms with Crippen molar-refractivity contribution in [2.24, 2.45) is 11.8 Å². The Morgan fingerprint density at radius 2 is 2.18 bits per heavy atom. The van der Waals surface area contributed by atoms with E-state index in [1.165, 1.54) is 13.2 Å². The lowest BCUT2D eigenvalue weighted by Crippen LogP contribution is -2.02. The zero-order valence-electron chi connectivity index (χ0n) is 10.9. The fourth-order valence-electron chi connectivity index (χ4n) is 1.45. The lowest BCUT2D eigenvalue weighted by Gasteiger charge is -2.12. The summed E-state index contributed by atoms with van der Waals surface area (Å²) in [6, 6.07) is 2.25. The fourth-order valence-corrected chi connectivity index (χ4v) is 1.45. The van der Waals surface area contributed by atoms with Crippen LogP contribution in [0.25, 0.3) is 0 Å². The maximum absolute atomic E-state index is 10.8.